The molecule has 0 radical (unpaired) electrons. The van der Waals surface area contributed by atoms with Gasteiger partial charge in [-0.15, -0.1) is 0 Å². The van der Waals surface area contributed by atoms with E-state index in [1.807, 2.05) is 0 Å². The molecule has 0 spiro atoms. The van der Waals surface area contributed by atoms with Gasteiger partial charge >= 0.3 is 0 Å². The Morgan fingerprint density at radius 1 is 1.42 bits per heavy atom. The Hall–Kier alpha value is -1.06. The minimum Gasteiger partial charge on any atom is -0.395 e. The van der Waals surface area contributed by atoms with Crippen LogP contribution >= 0.6 is 0 Å². The van der Waals surface area contributed by atoms with Gasteiger partial charge in [-0.05, 0) is 49.9 Å². The SMILES string of the molecule is CCN(CCO)C(C)Cc1ccc2c(c1)CCCN2. The highest BCUT2D eigenvalue weighted by atomic mass is 16.3. The van der Waals surface area contributed by atoms with E-state index in [0.29, 0.717) is 6.04 Å². The Morgan fingerprint density at radius 3 is 3.00 bits per heavy atom. The normalized spacial score (nSPS) is 16.0. The van der Waals surface area contributed by atoms with Crippen LogP contribution < -0.4 is 5.32 Å². The van der Waals surface area contributed by atoms with Crippen LogP contribution in [0.2, 0.25) is 0 Å². The van der Waals surface area contributed by atoms with E-state index in [1.54, 1.807) is 0 Å². The molecule has 0 aromatic heterocycles. The van der Waals surface area contributed by atoms with Crippen molar-refractivity contribution in [2.24, 2.45) is 0 Å². The molecule has 1 heterocycles. The van der Waals surface area contributed by atoms with Gasteiger partial charge in [-0.2, -0.15) is 0 Å². The Balaban J connectivity index is 2.02. The van der Waals surface area contributed by atoms with E-state index < -0.39 is 0 Å². The average Bonchev–Trinajstić information content (AvgIpc) is 2.44. The minimum atomic E-state index is 0.242. The molecule has 1 aromatic rings. The molecule has 0 bridgehead atoms. The summed E-state index contributed by atoms with van der Waals surface area (Å²) in [5.74, 6) is 0. The maximum absolute atomic E-state index is 9.09. The van der Waals surface area contributed by atoms with Gasteiger partial charge in [-0.25, -0.2) is 0 Å². The molecule has 1 aliphatic heterocycles. The van der Waals surface area contributed by atoms with Crippen molar-refractivity contribution in [1.82, 2.24) is 4.90 Å². The Morgan fingerprint density at radius 2 is 2.26 bits per heavy atom. The molecule has 1 aliphatic rings. The van der Waals surface area contributed by atoms with Crippen LogP contribution in [0.25, 0.3) is 0 Å². The molecule has 2 N–H and O–H groups in total. The summed E-state index contributed by atoms with van der Waals surface area (Å²) in [6.07, 6.45) is 3.48. The maximum Gasteiger partial charge on any atom is 0.0558 e. The highest BCUT2D eigenvalue weighted by Crippen LogP contribution is 2.23. The monoisotopic (exact) mass is 262 g/mol. The van der Waals surface area contributed by atoms with Crippen molar-refractivity contribution in [1.29, 1.82) is 0 Å². The molecule has 1 aromatic carbocycles. The van der Waals surface area contributed by atoms with Crippen molar-refractivity contribution in [2.75, 3.05) is 31.6 Å². The van der Waals surface area contributed by atoms with Crippen molar-refractivity contribution >= 4 is 5.69 Å². The molecule has 1 atom stereocenters. The standard InChI is InChI=1S/C16H26N2O/c1-3-18(9-10-19)13(2)11-14-6-7-16-15(12-14)5-4-8-17-16/h6-7,12-13,17,19H,3-5,8-11H2,1-2H3. The van der Waals surface area contributed by atoms with Crippen LogP contribution in [-0.4, -0.2) is 42.3 Å². The average molecular weight is 262 g/mol. The third-order valence-corrected chi connectivity index (χ3v) is 4.06. The van der Waals surface area contributed by atoms with Crippen molar-refractivity contribution in [2.45, 2.75) is 39.2 Å². The number of nitrogens with zero attached hydrogens (tertiary/aromatic N) is 1. The van der Waals surface area contributed by atoms with E-state index in [-0.39, 0.29) is 6.61 Å². The minimum absolute atomic E-state index is 0.242. The quantitative estimate of drug-likeness (QED) is 0.825. The van der Waals surface area contributed by atoms with Crippen molar-refractivity contribution < 1.29 is 5.11 Å². The molecule has 1 unspecified atom stereocenters. The third-order valence-electron chi connectivity index (χ3n) is 4.06. The van der Waals surface area contributed by atoms with E-state index in [4.69, 9.17) is 5.11 Å². The topological polar surface area (TPSA) is 35.5 Å². The summed E-state index contributed by atoms with van der Waals surface area (Å²) >= 11 is 0. The predicted octanol–water partition coefficient (Wildman–Crippen LogP) is 2.29. The van der Waals surface area contributed by atoms with Crippen LogP contribution in [0.1, 0.15) is 31.4 Å². The Bertz CT molecular complexity index is 406. The number of nitrogens with one attached hydrogen (secondary N) is 1. The number of fused-ring (bicyclic) bond motifs is 1. The number of rotatable bonds is 6. The zero-order chi connectivity index (χ0) is 13.7. The summed E-state index contributed by atoms with van der Waals surface area (Å²) in [6, 6.07) is 7.29. The number of benzene rings is 1. The first kappa shape index (κ1) is 14.4. The summed E-state index contributed by atoms with van der Waals surface area (Å²) in [6.45, 7) is 7.51. The summed E-state index contributed by atoms with van der Waals surface area (Å²) in [4.78, 5) is 2.33. The lowest BCUT2D eigenvalue weighted by Crippen LogP contribution is -2.36. The number of hydrogen-bond acceptors (Lipinski definition) is 3. The second-order valence-corrected chi connectivity index (χ2v) is 5.43. The van der Waals surface area contributed by atoms with Gasteiger partial charge < -0.3 is 10.4 Å². The summed E-state index contributed by atoms with van der Waals surface area (Å²) in [7, 11) is 0. The first-order valence-corrected chi connectivity index (χ1v) is 7.45. The molecule has 0 saturated heterocycles. The molecular weight excluding hydrogens is 236 g/mol. The van der Waals surface area contributed by atoms with Crippen LogP contribution in [-0.2, 0) is 12.8 Å². The largest absolute Gasteiger partial charge is 0.395 e. The third kappa shape index (κ3) is 3.71. The highest BCUT2D eigenvalue weighted by molar-refractivity contribution is 5.54. The molecular formula is C16H26N2O. The van der Waals surface area contributed by atoms with E-state index in [2.05, 4.69) is 42.3 Å². The van der Waals surface area contributed by atoms with Gasteiger partial charge in [0, 0.05) is 24.8 Å². The molecule has 19 heavy (non-hydrogen) atoms. The molecule has 0 amide bonds. The van der Waals surface area contributed by atoms with E-state index in [0.717, 1.165) is 26.1 Å². The first-order valence-electron chi connectivity index (χ1n) is 7.45. The predicted molar refractivity (Wildman–Crippen MR) is 80.8 cm³/mol. The maximum atomic E-state index is 9.09. The summed E-state index contributed by atoms with van der Waals surface area (Å²) in [5, 5.41) is 12.5. The van der Waals surface area contributed by atoms with E-state index in [9.17, 15) is 0 Å². The zero-order valence-electron chi connectivity index (χ0n) is 12.2. The second kappa shape index (κ2) is 6.92. The second-order valence-electron chi connectivity index (χ2n) is 5.43. The fourth-order valence-electron chi connectivity index (χ4n) is 2.94. The lowest BCUT2D eigenvalue weighted by Gasteiger charge is -2.27. The highest BCUT2D eigenvalue weighted by Gasteiger charge is 2.14. The fraction of sp³-hybridized carbons (Fsp3) is 0.625. The fourth-order valence-corrected chi connectivity index (χ4v) is 2.94. The van der Waals surface area contributed by atoms with Crippen molar-refractivity contribution in [3.05, 3.63) is 29.3 Å². The van der Waals surface area contributed by atoms with E-state index >= 15 is 0 Å². The summed E-state index contributed by atoms with van der Waals surface area (Å²) < 4.78 is 0. The number of aliphatic hydroxyl groups excluding tert-OH is 1. The molecule has 106 valence electrons. The van der Waals surface area contributed by atoms with Gasteiger partial charge in [-0.1, -0.05) is 19.1 Å². The summed E-state index contributed by atoms with van der Waals surface area (Å²) in [5.41, 5.74) is 4.18. The molecule has 0 saturated carbocycles. The van der Waals surface area contributed by atoms with Crippen molar-refractivity contribution in [3.8, 4) is 0 Å². The molecule has 3 heteroatoms. The number of likely N-dealkylation sites (N-methyl/N-ethyl adjacent to an activating group) is 1. The number of aliphatic hydroxyl groups is 1. The number of hydrogen-bond donors (Lipinski definition) is 2. The van der Waals surface area contributed by atoms with Gasteiger partial charge in [0.2, 0.25) is 0 Å². The van der Waals surface area contributed by atoms with Crippen LogP contribution in [0.4, 0.5) is 5.69 Å². The van der Waals surface area contributed by atoms with Gasteiger partial charge in [0.05, 0.1) is 6.61 Å². The van der Waals surface area contributed by atoms with Gasteiger partial charge in [-0.3, -0.25) is 4.90 Å². The molecule has 0 aliphatic carbocycles. The van der Waals surface area contributed by atoms with Crippen LogP contribution in [0.3, 0.4) is 0 Å². The number of aryl methyl sites for hydroxylation is 1. The van der Waals surface area contributed by atoms with Gasteiger partial charge in [0.15, 0.2) is 0 Å². The van der Waals surface area contributed by atoms with Gasteiger partial charge in [0.1, 0.15) is 0 Å². The Labute approximate surface area is 116 Å². The van der Waals surface area contributed by atoms with Crippen LogP contribution in [0, 0.1) is 0 Å². The lowest BCUT2D eigenvalue weighted by molar-refractivity contribution is 0.164. The van der Waals surface area contributed by atoms with Crippen LogP contribution in [0.15, 0.2) is 18.2 Å². The first-order chi connectivity index (χ1) is 9.24. The molecule has 3 nitrogen and oxygen atoms in total. The van der Waals surface area contributed by atoms with E-state index in [1.165, 1.54) is 29.7 Å². The molecule has 0 fully saturated rings. The van der Waals surface area contributed by atoms with Crippen LogP contribution in [0.5, 0.6) is 0 Å². The number of anilines is 1. The Kier molecular flexibility index (Phi) is 5.23. The smallest absolute Gasteiger partial charge is 0.0558 e. The zero-order valence-corrected chi connectivity index (χ0v) is 12.2. The van der Waals surface area contributed by atoms with Gasteiger partial charge in [0.25, 0.3) is 0 Å². The molecule has 2 rings (SSSR count). The lowest BCUT2D eigenvalue weighted by atomic mass is 9.97. The van der Waals surface area contributed by atoms with Crippen molar-refractivity contribution in [3.63, 3.8) is 0 Å².